The number of pyridine rings is 1. The number of anilines is 1. The van der Waals surface area contributed by atoms with Crippen LogP contribution in [-0.2, 0) is 6.54 Å². The lowest BCUT2D eigenvalue weighted by atomic mass is 9.93. The highest BCUT2D eigenvalue weighted by molar-refractivity contribution is 5.32. The van der Waals surface area contributed by atoms with E-state index in [0.29, 0.717) is 11.8 Å². The number of aromatic nitrogens is 3. The number of H-pyrrole nitrogens is 1. The predicted molar refractivity (Wildman–Crippen MR) is 107 cm³/mol. The minimum absolute atomic E-state index is 0.0222. The van der Waals surface area contributed by atoms with Crippen LogP contribution in [0.25, 0.3) is 0 Å². The lowest BCUT2D eigenvalue weighted by molar-refractivity contribution is 0.203. The second-order valence-electron chi connectivity index (χ2n) is 8.10. The molecule has 0 unspecified atom stereocenters. The molecular weight excluding hydrogens is 338 g/mol. The van der Waals surface area contributed by atoms with Crippen molar-refractivity contribution < 1.29 is 0 Å². The summed E-state index contributed by atoms with van der Waals surface area (Å²) in [6.45, 7) is 7.25. The van der Waals surface area contributed by atoms with Gasteiger partial charge in [-0.2, -0.15) is 0 Å². The van der Waals surface area contributed by atoms with E-state index in [1.54, 1.807) is 6.07 Å². The van der Waals surface area contributed by atoms with E-state index in [-0.39, 0.29) is 5.56 Å². The van der Waals surface area contributed by atoms with Crippen LogP contribution in [0.4, 0.5) is 5.95 Å². The van der Waals surface area contributed by atoms with E-state index >= 15 is 0 Å². The van der Waals surface area contributed by atoms with Crippen LogP contribution in [0.1, 0.15) is 49.8 Å². The Labute approximate surface area is 160 Å². The zero-order valence-corrected chi connectivity index (χ0v) is 16.1. The predicted octanol–water partition coefficient (Wildman–Crippen LogP) is 2.78. The molecule has 6 heteroatoms. The number of hydrogen-bond donors (Lipinski definition) is 1. The molecule has 0 saturated carbocycles. The Morgan fingerprint density at radius 3 is 2.81 bits per heavy atom. The van der Waals surface area contributed by atoms with Crippen molar-refractivity contribution in [3.63, 3.8) is 0 Å². The van der Waals surface area contributed by atoms with Crippen LogP contribution in [0.2, 0.25) is 0 Å². The van der Waals surface area contributed by atoms with Crippen molar-refractivity contribution in [2.24, 2.45) is 5.92 Å². The number of hydrogen-bond acceptors (Lipinski definition) is 5. The SMILES string of the molecule is C[C@@H]1CCCN(c2nc(C3CCN(Cc4cccnc4)CC3)cc(=O)[nH]2)C1. The summed E-state index contributed by atoms with van der Waals surface area (Å²) in [7, 11) is 0. The quantitative estimate of drug-likeness (QED) is 0.900. The monoisotopic (exact) mass is 367 g/mol. The van der Waals surface area contributed by atoms with Crippen molar-refractivity contribution in [2.75, 3.05) is 31.1 Å². The number of rotatable bonds is 4. The number of piperidine rings is 2. The maximum atomic E-state index is 12.2. The lowest BCUT2D eigenvalue weighted by Gasteiger charge is -2.33. The van der Waals surface area contributed by atoms with E-state index in [4.69, 9.17) is 4.98 Å². The van der Waals surface area contributed by atoms with Gasteiger partial charge in [-0.1, -0.05) is 13.0 Å². The molecule has 2 aliphatic rings. The van der Waals surface area contributed by atoms with Crippen molar-refractivity contribution in [1.82, 2.24) is 19.9 Å². The molecular formula is C21H29N5O. The van der Waals surface area contributed by atoms with Gasteiger partial charge in [0.05, 0.1) is 5.69 Å². The fourth-order valence-corrected chi connectivity index (χ4v) is 4.34. The van der Waals surface area contributed by atoms with Crippen LogP contribution >= 0.6 is 0 Å². The minimum atomic E-state index is -0.0222. The standard InChI is InChI=1S/C21H29N5O/c1-16-4-3-9-26(14-16)21-23-19(12-20(27)24-21)18-6-10-25(11-7-18)15-17-5-2-8-22-13-17/h2,5,8,12-13,16,18H,3-4,6-7,9-11,14-15H2,1H3,(H,23,24,27)/t16-/m1/s1. The molecule has 1 atom stereocenters. The Kier molecular flexibility index (Phi) is 5.53. The van der Waals surface area contributed by atoms with Gasteiger partial charge in [0.15, 0.2) is 0 Å². The van der Waals surface area contributed by atoms with Gasteiger partial charge < -0.3 is 4.90 Å². The highest BCUT2D eigenvalue weighted by Crippen LogP contribution is 2.28. The Hall–Kier alpha value is -2.21. The third-order valence-electron chi connectivity index (χ3n) is 5.84. The van der Waals surface area contributed by atoms with Gasteiger partial charge in [0.25, 0.3) is 5.56 Å². The van der Waals surface area contributed by atoms with Gasteiger partial charge in [-0.15, -0.1) is 0 Å². The molecule has 2 saturated heterocycles. The third kappa shape index (κ3) is 4.56. The largest absolute Gasteiger partial charge is 0.342 e. The second-order valence-corrected chi connectivity index (χ2v) is 8.10. The van der Waals surface area contributed by atoms with E-state index in [9.17, 15) is 4.79 Å². The third-order valence-corrected chi connectivity index (χ3v) is 5.84. The van der Waals surface area contributed by atoms with Gasteiger partial charge >= 0.3 is 0 Å². The molecule has 1 N–H and O–H groups in total. The van der Waals surface area contributed by atoms with E-state index < -0.39 is 0 Å². The highest BCUT2D eigenvalue weighted by Gasteiger charge is 2.24. The summed E-state index contributed by atoms with van der Waals surface area (Å²) < 4.78 is 0. The van der Waals surface area contributed by atoms with Crippen LogP contribution < -0.4 is 10.5 Å². The topological polar surface area (TPSA) is 65.1 Å². The second kappa shape index (κ2) is 8.21. The summed E-state index contributed by atoms with van der Waals surface area (Å²) in [5.74, 6) is 1.80. The van der Waals surface area contributed by atoms with Gasteiger partial charge in [0, 0.05) is 44.0 Å². The van der Waals surface area contributed by atoms with Crippen molar-refractivity contribution in [1.29, 1.82) is 0 Å². The summed E-state index contributed by atoms with van der Waals surface area (Å²) in [6.07, 6.45) is 8.28. The zero-order valence-electron chi connectivity index (χ0n) is 16.1. The Balaban J connectivity index is 1.41. The fraction of sp³-hybridized carbons (Fsp3) is 0.571. The minimum Gasteiger partial charge on any atom is -0.342 e. The van der Waals surface area contributed by atoms with Crippen LogP contribution in [0.15, 0.2) is 35.4 Å². The summed E-state index contributed by atoms with van der Waals surface area (Å²) in [5.41, 5.74) is 2.20. The van der Waals surface area contributed by atoms with Crippen LogP contribution in [0.3, 0.4) is 0 Å². The molecule has 4 heterocycles. The summed E-state index contributed by atoms with van der Waals surface area (Å²) in [5, 5.41) is 0. The smallest absolute Gasteiger partial charge is 0.252 e. The molecule has 0 radical (unpaired) electrons. The van der Waals surface area contributed by atoms with Gasteiger partial charge in [-0.25, -0.2) is 4.98 Å². The van der Waals surface area contributed by atoms with Crippen LogP contribution in [0, 0.1) is 5.92 Å². The molecule has 2 fully saturated rings. The normalized spacial score (nSPS) is 22.1. The van der Waals surface area contributed by atoms with E-state index in [2.05, 4.69) is 32.8 Å². The lowest BCUT2D eigenvalue weighted by Crippen LogP contribution is -2.37. The molecule has 2 aromatic rings. The molecule has 4 rings (SSSR count). The first-order valence-corrected chi connectivity index (χ1v) is 10.1. The number of aromatic amines is 1. The van der Waals surface area contributed by atoms with Gasteiger partial charge in [0.1, 0.15) is 0 Å². The highest BCUT2D eigenvalue weighted by atomic mass is 16.1. The van der Waals surface area contributed by atoms with Crippen LogP contribution in [-0.4, -0.2) is 46.0 Å². The first-order valence-electron chi connectivity index (χ1n) is 10.1. The zero-order chi connectivity index (χ0) is 18.6. The van der Waals surface area contributed by atoms with Gasteiger partial charge in [0.2, 0.25) is 5.95 Å². The first kappa shape index (κ1) is 18.2. The molecule has 0 aliphatic carbocycles. The van der Waals surface area contributed by atoms with Crippen molar-refractivity contribution in [3.05, 3.63) is 52.2 Å². The summed E-state index contributed by atoms with van der Waals surface area (Å²) >= 11 is 0. The Bertz CT molecular complexity index is 798. The summed E-state index contributed by atoms with van der Waals surface area (Å²) in [4.78, 5) is 29.0. The first-order chi connectivity index (χ1) is 13.2. The van der Waals surface area contributed by atoms with Crippen molar-refractivity contribution in [2.45, 2.75) is 45.1 Å². The maximum absolute atomic E-state index is 12.2. The van der Waals surface area contributed by atoms with E-state index in [0.717, 1.165) is 57.2 Å². The molecule has 0 spiro atoms. The van der Waals surface area contributed by atoms with Crippen LogP contribution in [0.5, 0.6) is 0 Å². The maximum Gasteiger partial charge on any atom is 0.252 e. The molecule has 6 nitrogen and oxygen atoms in total. The number of nitrogens with one attached hydrogen (secondary N) is 1. The molecule has 0 bridgehead atoms. The van der Waals surface area contributed by atoms with E-state index in [1.807, 2.05) is 18.5 Å². The average molecular weight is 367 g/mol. The Morgan fingerprint density at radius 2 is 2.07 bits per heavy atom. The Morgan fingerprint density at radius 1 is 1.22 bits per heavy atom. The van der Waals surface area contributed by atoms with E-state index in [1.165, 1.54) is 18.4 Å². The molecule has 2 aliphatic heterocycles. The molecule has 0 aromatic carbocycles. The molecule has 27 heavy (non-hydrogen) atoms. The average Bonchev–Trinajstić information content (AvgIpc) is 2.69. The number of nitrogens with zero attached hydrogens (tertiary/aromatic N) is 4. The fourth-order valence-electron chi connectivity index (χ4n) is 4.34. The molecule has 2 aromatic heterocycles. The van der Waals surface area contributed by atoms with Crippen molar-refractivity contribution in [3.8, 4) is 0 Å². The molecule has 0 amide bonds. The van der Waals surface area contributed by atoms with Gasteiger partial charge in [-0.05, 0) is 56.3 Å². The molecule has 144 valence electrons. The van der Waals surface area contributed by atoms with Crippen molar-refractivity contribution >= 4 is 5.95 Å². The number of likely N-dealkylation sites (tertiary alicyclic amines) is 1. The van der Waals surface area contributed by atoms with Gasteiger partial charge in [-0.3, -0.25) is 19.7 Å². The summed E-state index contributed by atoms with van der Waals surface area (Å²) in [6, 6.07) is 5.83.